The average Bonchev–Trinajstić information content (AvgIpc) is 0.667. The van der Waals surface area contributed by atoms with Crippen LogP contribution in [0.4, 0.5) is 0 Å². The normalized spacial score (nSPS) is 25.1. The largest absolute Gasteiger partial charge is 0.455 e. The summed E-state index contributed by atoms with van der Waals surface area (Å²) >= 11 is 0. The van der Waals surface area contributed by atoms with Crippen molar-refractivity contribution in [1.29, 1.82) is 0 Å². The van der Waals surface area contributed by atoms with Crippen LogP contribution in [0.25, 0.3) is 0 Å². The highest BCUT2D eigenvalue weighted by Gasteiger charge is 2.78. The molecular weight excluding hydrogens is 1850 g/mol. The number of allylic oxidation sites excluding steroid dienone is 3. The molecule has 830 valence electrons. The topological polar surface area (TPSA) is 492 Å². The highest BCUT2D eigenvalue weighted by Crippen LogP contribution is 2.64. The summed E-state index contributed by atoms with van der Waals surface area (Å²) in [6.07, 6.45) is -0.378. The third-order valence-corrected chi connectivity index (χ3v) is 32.8. The standard InChI is InChI=1S/C29H36O10.C16H32O2.C15H30O3.C15H26O3.C14H28O3.2C13H22O4/c1-14-17(31)12-29(36)24(38-25(35)16-9-7-6-8-10-16)22-27(5,23(34)21(33)20(14)26(29,3)4)18(32)11-19-28(22,13-37-19)39-15(2)30;1-9-13(4)16(6,7)15(17)12(3)10-11(2)14(5)18-8;2*1-8-11(3)15(5,6)14(17)13(16)9-10(2)12(4)18-7;1-7-12(16)14(5,6)13(17)10(3)8-9(2)11(4)15;2*1-6-11(16)13(4,5)12(17)10(15)7-8(2)9(3)14/h6-10,17-19,21-22,24,31-33,36H,11-13H2,1-5H3;10,12-15,17H,9H2,1-8H3;9,11-14,16-17H,8H2,1-7H3;9,11-12H,8H2,1-7H3;8,10-13,15-17H,7H2,1-6H3;2*7,9,11,14,16H,6H2,1-5H3/b;11-10+;2*10-9+;9-8+;2*8-7+/t17-,18-,19+,21+,22-,24-,27+,28-,29+;12-,13-,14-,15-;11-,12-,13-,14-;11-,12-;10-,11-,12-,13-;2*9-,11-/m0000000/s1. The first-order chi connectivity index (χ1) is 65.6. The number of esters is 2. The van der Waals surface area contributed by atoms with Crippen LogP contribution < -0.4 is 0 Å². The SMILES string of the molecule is CC(=O)O[C@@]12CO[C@@H]1C[C@H](O)[C@@]1(C)C(=O)[C@H](O)C3=C(C)[C@@H](O)C[C@@](O)([C@@H](OC(=O)c4ccccc4)[C@H]21)C3(C)C.CC[C@H](C)C(C)(C)C(=O)C(=O)/C=C(\C)[C@H](C)OC.CC[C@H](C)C(C)(C)[C@@H](O)[C@@H](C)/C=C(\C)[C@H](C)OC.CC[C@H](C)C(C)(C)[C@@H](O)[C@@H](O)/C=C(\C)[C@H](C)OC.CC[C@H](O)C(C)(C)C(=O)C(=O)/C=C(\C)[C@H](C)O.CC[C@H](O)C(C)(C)C(=O)C(=O)/C=C(\C)[C@H](C)O.CC[C@H](O)C(C)(C)[C@@H](O)[C@@H](C)/C=C(\C)[C@H](C)O. The first-order valence-corrected chi connectivity index (χ1v) is 51.4. The number of ether oxygens (including phenoxy) is 6. The van der Waals surface area contributed by atoms with E-state index in [2.05, 4.69) is 61.5 Å². The van der Waals surface area contributed by atoms with Gasteiger partial charge >= 0.3 is 11.9 Å². The summed E-state index contributed by atoms with van der Waals surface area (Å²) in [5.74, 6) is -5.90. The molecule has 144 heavy (non-hydrogen) atoms. The Morgan fingerprint density at radius 3 is 1.17 bits per heavy atom. The third-order valence-electron chi connectivity index (χ3n) is 32.8. The number of Topliss-reactive ketones (excluding diaryl/α,β-unsaturated/α-hetero) is 4. The molecule has 5 rings (SSSR count). The van der Waals surface area contributed by atoms with Gasteiger partial charge in [0.15, 0.2) is 11.4 Å². The van der Waals surface area contributed by atoms with E-state index in [0.717, 1.165) is 48.1 Å². The van der Waals surface area contributed by atoms with Gasteiger partial charge in [-0.25, -0.2) is 4.79 Å². The minimum absolute atomic E-state index is 0.0430. The van der Waals surface area contributed by atoms with E-state index < -0.39 is 182 Å². The molecule has 27 atom stereocenters. The van der Waals surface area contributed by atoms with Crippen molar-refractivity contribution >= 4 is 52.4 Å². The minimum atomic E-state index is -2.07. The average molecular weight is 2040 g/mol. The van der Waals surface area contributed by atoms with Crippen LogP contribution in [-0.2, 0) is 66.8 Å². The maximum absolute atomic E-state index is 14.3. The van der Waals surface area contributed by atoms with Crippen LogP contribution in [0.2, 0.25) is 0 Å². The fourth-order valence-electron chi connectivity index (χ4n) is 18.3. The first kappa shape index (κ1) is 139. The van der Waals surface area contributed by atoms with E-state index in [4.69, 9.17) is 28.4 Å². The molecule has 1 aliphatic heterocycles. The van der Waals surface area contributed by atoms with Crippen molar-refractivity contribution in [2.45, 2.75) is 449 Å². The van der Waals surface area contributed by atoms with Crippen molar-refractivity contribution in [2.24, 2.45) is 78.8 Å². The molecular formula is C115H196O29. The lowest BCUT2D eigenvalue weighted by atomic mass is 9.44. The van der Waals surface area contributed by atoms with Gasteiger partial charge in [-0.05, 0) is 247 Å². The zero-order valence-electron chi connectivity index (χ0n) is 96.0. The molecule has 0 amide bonds. The summed E-state index contributed by atoms with van der Waals surface area (Å²) < 4.78 is 33.3. The number of carbonyl (C=O) groups excluding carboxylic acids is 9. The van der Waals surface area contributed by atoms with Crippen LogP contribution in [0.1, 0.15) is 339 Å². The molecule has 4 aliphatic rings. The Morgan fingerprint density at radius 1 is 0.465 bits per heavy atom. The van der Waals surface area contributed by atoms with Gasteiger partial charge in [-0.1, -0.05) is 201 Å². The monoisotopic (exact) mass is 2040 g/mol. The van der Waals surface area contributed by atoms with Crippen molar-refractivity contribution in [2.75, 3.05) is 27.9 Å². The number of rotatable bonds is 42. The van der Waals surface area contributed by atoms with Gasteiger partial charge in [0.05, 0.1) is 126 Å². The Morgan fingerprint density at radius 2 is 0.819 bits per heavy atom. The lowest BCUT2D eigenvalue weighted by molar-refractivity contribution is -0.345. The Bertz CT molecular complexity index is 4370. The van der Waals surface area contributed by atoms with Crippen LogP contribution in [0, 0.1) is 78.8 Å². The smallest absolute Gasteiger partial charge is 0.338 e. The molecule has 2 saturated carbocycles. The zero-order valence-corrected chi connectivity index (χ0v) is 96.0. The summed E-state index contributed by atoms with van der Waals surface area (Å²) in [6.45, 7) is 72.5. The number of aliphatic hydroxyl groups excluding tert-OH is 13. The van der Waals surface area contributed by atoms with E-state index in [-0.39, 0.29) is 89.4 Å². The fraction of sp³-hybridized carbons (Fsp3) is 0.748. The van der Waals surface area contributed by atoms with Gasteiger partial charge in [0.1, 0.15) is 23.9 Å². The van der Waals surface area contributed by atoms with Gasteiger partial charge in [-0.2, -0.15) is 0 Å². The Hall–Kier alpha value is -6.69. The van der Waals surface area contributed by atoms with Crippen LogP contribution in [0.3, 0.4) is 0 Å². The lowest BCUT2D eigenvalue weighted by Crippen LogP contribution is -2.81. The highest BCUT2D eigenvalue weighted by atomic mass is 16.6. The van der Waals surface area contributed by atoms with Crippen LogP contribution in [-0.4, -0.2) is 273 Å². The number of carbonyl (C=O) groups is 9. The predicted octanol–water partition coefficient (Wildman–Crippen LogP) is 15.7. The maximum atomic E-state index is 14.3. The van der Waals surface area contributed by atoms with E-state index in [1.807, 2.05) is 110 Å². The number of hydrogen-bond donors (Lipinski definition) is 14. The molecule has 0 unspecified atom stereocenters. The summed E-state index contributed by atoms with van der Waals surface area (Å²) in [5.41, 5.74) is -5.38. The second-order valence-corrected chi connectivity index (χ2v) is 45.2. The molecule has 3 fully saturated rings. The molecule has 14 N–H and O–H groups in total. The number of benzene rings is 1. The summed E-state index contributed by atoms with van der Waals surface area (Å²) in [6, 6.07) is 8.08. The molecule has 0 radical (unpaired) electrons. The molecule has 2 bridgehead atoms. The van der Waals surface area contributed by atoms with E-state index in [9.17, 15) is 115 Å². The van der Waals surface area contributed by atoms with Crippen molar-refractivity contribution in [3.8, 4) is 0 Å². The number of hydrogen-bond acceptors (Lipinski definition) is 29. The summed E-state index contributed by atoms with van der Waals surface area (Å²) in [5, 5.41) is 145. The van der Waals surface area contributed by atoms with Crippen LogP contribution >= 0.6 is 0 Å². The quantitative estimate of drug-likeness (QED) is 0.0125. The van der Waals surface area contributed by atoms with Crippen LogP contribution in [0.5, 0.6) is 0 Å². The second-order valence-electron chi connectivity index (χ2n) is 45.2. The highest BCUT2D eigenvalue weighted by molar-refractivity contribution is 6.44. The van der Waals surface area contributed by atoms with Gasteiger partial charge in [0, 0.05) is 69.2 Å². The van der Waals surface area contributed by atoms with E-state index in [1.165, 1.54) is 51.5 Å². The Labute approximate surface area is 864 Å². The molecule has 29 heteroatoms. The fourth-order valence-corrected chi connectivity index (χ4v) is 18.3. The number of methoxy groups -OCH3 is 3. The van der Waals surface area contributed by atoms with E-state index >= 15 is 0 Å². The van der Waals surface area contributed by atoms with Crippen molar-refractivity contribution in [3.63, 3.8) is 0 Å². The van der Waals surface area contributed by atoms with Crippen molar-refractivity contribution in [1.82, 2.24) is 0 Å². The Kier molecular flexibility index (Phi) is 57.3. The van der Waals surface area contributed by atoms with Crippen LogP contribution in [0.15, 0.2) is 111 Å². The molecule has 1 heterocycles. The van der Waals surface area contributed by atoms with Gasteiger partial charge < -0.3 is 99.9 Å². The number of aliphatic hydroxyl groups is 14. The number of fused-ring (bicyclic) bond motifs is 5. The first-order valence-electron chi connectivity index (χ1n) is 51.4. The summed E-state index contributed by atoms with van der Waals surface area (Å²) in [4.78, 5) is 112. The molecule has 1 aromatic carbocycles. The second kappa shape index (κ2) is 59.2. The lowest BCUT2D eigenvalue weighted by Gasteiger charge is -2.67. The maximum Gasteiger partial charge on any atom is 0.338 e. The summed E-state index contributed by atoms with van der Waals surface area (Å²) in [7, 11) is 4.93. The molecule has 1 aromatic rings. The van der Waals surface area contributed by atoms with E-state index in [0.29, 0.717) is 47.8 Å². The van der Waals surface area contributed by atoms with Gasteiger partial charge in [-0.3, -0.25) is 38.4 Å². The third kappa shape index (κ3) is 35.5. The molecule has 3 aliphatic carbocycles. The molecule has 1 saturated heterocycles. The minimum Gasteiger partial charge on any atom is -0.455 e. The van der Waals surface area contributed by atoms with Crippen molar-refractivity contribution < 1.29 is 143 Å². The Balaban J connectivity index is 0. The van der Waals surface area contributed by atoms with Gasteiger partial charge in [-0.15, -0.1) is 0 Å². The van der Waals surface area contributed by atoms with Crippen molar-refractivity contribution in [3.05, 3.63) is 117 Å². The number of ketones is 7. The molecule has 0 aromatic heterocycles. The van der Waals surface area contributed by atoms with Gasteiger partial charge in [0.2, 0.25) is 34.7 Å². The molecule has 0 spiro atoms. The van der Waals surface area contributed by atoms with Gasteiger partial charge in [0.25, 0.3) is 0 Å². The van der Waals surface area contributed by atoms with E-state index in [1.54, 1.807) is 136 Å². The zero-order chi connectivity index (χ0) is 114. The predicted molar refractivity (Wildman–Crippen MR) is 565 cm³/mol. The molecule has 29 nitrogen and oxygen atoms in total.